The molecule has 2 heteroatoms. The molecular weight excluding hydrogens is 713 g/mol. The van der Waals surface area contributed by atoms with Crippen molar-refractivity contribution in [2.75, 3.05) is 9.80 Å². The minimum atomic E-state index is 0.979. The van der Waals surface area contributed by atoms with E-state index in [1.54, 1.807) is 0 Å². The summed E-state index contributed by atoms with van der Waals surface area (Å²) in [6.07, 6.45) is 6.28. The third-order valence-corrected chi connectivity index (χ3v) is 11.0. The molecule has 0 fully saturated rings. The fourth-order valence-electron chi connectivity index (χ4n) is 8.00. The van der Waals surface area contributed by atoms with Crippen molar-refractivity contribution in [1.82, 2.24) is 0 Å². The molecule has 9 aromatic carbocycles. The fourth-order valence-corrected chi connectivity index (χ4v) is 8.00. The number of nitrogens with zero attached hydrogens (tertiary/aromatic N) is 2. The molecule has 59 heavy (non-hydrogen) atoms. The first-order valence-electron chi connectivity index (χ1n) is 20.1. The van der Waals surface area contributed by atoms with Gasteiger partial charge in [0.15, 0.2) is 0 Å². The maximum atomic E-state index is 4.26. The largest absolute Gasteiger partial charge is 0.311 e. The fraction of sp³-hybridized carbons (Fsp3) is 0.0175. The molecule has 0 aliphatic carbocycles. The van der Waals surface area contributed by atoms with E-state index in [1.165, 1.54) is 43.8 Å². The second kappa shape index (κ2) is 16.8. The highest BCUT2D eigenvalue weighted by Gasteiger charge is 2.15. The van der Waals surface area contributed by atoms with Crippen LogP contribution < -0.4 is 9.80 Å². The van der Waals surface area contributed by atoms with Gasteiger partial charge in [-0.3, -0.25) is 0 Å². The van der Waals surface area contributed by atoms with Gasteiger partial charge in [-0.05, 0) is 135 Å². The highest BCUT2D eigenvalue weighted by molar-refractivity contribution is 5.98. The minimum absolute atomic E-state index is 0.979. The van der Waals surface area contributed by atoms with Crippen LogP contribution in [0.3, 0.4) is 0 Å². The van der Waals surface area contributed by atoms with Gasteiger partial charge in [0.05, 0.1) is 0 Å². The van der Waals surface area contributed by atoms with E-state index >= 15 is 0 Å². The third-order valence-electron chi connectivity index (χ3n) is 11.0. The van der Waals surface area contributed by atoms with Crippen LogP contribution in [0.25, 0.3) is 49.4 Å². The number of fused-ring (bicyclic) bond motifs is 2. The SMILES string of the molecule is C=C/C(=C\C=C(/C)c1ccc(N(c2ccccc2)c2ccc(-c3cccc4ccccc34)cc2)cc1)N(c1ccccc1)c1ccc(-c2cccc3ccccc23)cc1. The molecule has 0 heterocycles. The lowest BCUT2D eigenvalue weighted by Crippen LogP contribution is -2.14. The summed E-state index contributed by atoms with van der Waals surface area (Å²) in [5.41, 5.74) is 13.6. The summed E-state index contributed by atoms with van der Waals surface area (Å²) in [6, 6.07) is 77.8. The van der Waals surface area contributed by atoms with Crippen LogP contribution in [-0.4, -0.2) is 0 Å². The number of allylic oxidation sites excluding steroid dienone is 4. The van der Waals surface area contributed by atoms with E-state index in [-0.39, 0.29) is 0 Å². The first-order valence-corrected chi connectivity index (χ1v) is 20.1. The Morgan fingerprint density at radius 3 is 1.32 bits per heavy atom. The lowest BCUT2D eigenvalue weighted by Gasteiger charge is -2.26. The Morgan fingerprint density at radius 2 is 0.797 bits per heavy atom. The second-order valence-electron chi connectivity index (χ2n) is 14.7. The maximum absolute atomic E-state index is 4.26. The molecule has 0 unspecified atom stereocenters. The highest BCUT2D eigenvalue weighted by Crippen LogP contribution is 2.38. The van der Waals surface area contributed by atoms with Crippen molar-refractivity contribution >= 4 is 55.6 Å². The average Bonchev–Trinajstić information content (AvgIpc) is 3.31. The first kappa shape index (κ1) is 36.9. The molecule has 0 aromatic heterocycles. The van der Waals surface area contributed by atoms with Gasteiger partial charge in [0.25, 0.3) is 0 Å². The summed E-state index contributed by atoms with van der Waals surface area (Å²) < 4.78 is 0. The third kappa shape index (κ3) is 7.73. The van der Waals surface area contributed by atoms with Crippen molar-refractivity contribution in [3.05, 3.63) is 254 Å². The predicted octanol–water partition coefficient (Wildman–Crippen LogP) is 16.1. The van der Waals surface area contributed by atoms with Crippen molar-refractivity contribution < 1.29 is 0 Å². The zero-order valence-electron chi connectivity index (χ0n) is 33.1. The zero-order chi connectivity index (χ0) is 40.0. The molecule has 0 bridgehead atoms. The van der Waals surface area contributed by atoms with Gasteiger partial charge in [0.2, 0.25) is 0 Å². The van der Waals surface area contributed by atoms with Crippen molar-refractivity contribution in [3.63, 3.8) is 0 Å². The molecule has 0 saturated carbocycles. The Morgan fingerprint density at radius 1 is 0.390 bits per heavy atom. The monoisotopic (exact) mass is 756 g/mol. The molecule has 0 N–H and O–H groups in total. The van der Waals surface area contributed by atoms with E-state index in [0.717, 1.165) is 45.3 Å². The van der Waals surface area contributed by atoms with Crippen LogP contribution >= 0.6 is 0 Å². The summed E-state index contributed by atoms with van der Waals surface area (Å²) in [6.45, 7) is 6.43. The predicted molar refractivity (Wildman–Crippen MR) is 254 cm³/mol. The Kier molecular flexibility index (Phi) is 10.5. The Labute approximate surface area is 347 Å². The summed E-state index contributed by atoms with van der Waals surface area (Å²) in [7, 11) is 0. The van der Waals surface area contributed by atoms with Crippen LogP contribution in [0, 0.1) is 0 Å². The van der Waals surface area contributed by atoms with E-state index in [4.69, 9.17) is 0 Å². The molecule has 0 amide bonds. The standard InChI is InChI=1S/C57H44N2/c1-3-48(58(49-20-6-4-7-21-49)51-38-31-46(32-39-51)56-26-14-18-44-16-10-12-24-54(44)56)35-28-42(2)43-29-36-52(37-30-43)59(50-22-8-5-9-23-50)53-40-33-47(34-41-53)57-27-15-19-45-17-11-13-25-55(45)57/h3-41H,1H2,2H3/b42-28+,48-35+. The number of para-hydroxylation sites is 2. The zero-order valence-corrected chi connectivity index (χ0v) is 33.1. The molecular formula is C57H44N2. The van der Waals surface area contributed by atoms with Gasteiger partial charge in [0, 0.05) is 34.1 Å². The molecule has 9 aromatic rings. The van der Waals surface area contributed by atoms with Crippen molar-refractivity contribution in [1.29, 1.82) is 0 Å². The molecule has 0 saturated heterocycles. The van der Waals surface area contributed by atoms with Crippen molar-refractivity contribution in [3.8, 4) is 22.3 Å². The van der Waals surface area contributed by atoms with E-state index in [0.29, 0.717) is 0 Å². The summed E-state index contributed by atoms with van der Waals surface area (Å²) in [5, 5.41) is 5.00. The Balaban J connectivity index is 1.00. The summed E-state index contributed by atoms with van der Waals surface area (Å²) in [5.74, 6) is 0. The van der Waals surface area contributed by atoms with Crippen LogP contribution in [-0.2, 0) is 0 Å². The molecule has 0 aliphatic heterocycles. The van der Waals surface area contributed by atoms with Crippen LogP contribution in [0.2, 0.25) is 0 Å². The number of anilines is 5. The topological polar surface area (TPSA) is 6.48 Å². The number of benzene rings is 9. The van der Waals surface area contributed by atoms with Crippen LogP contribution in [0.5, 0.6) is 0 Å². The molecule has 0 radical (unpaired) electrons. The van der Waals surface area contributed by atoms with Gasteiger partial charge < -0.3 is 9.80 Å². The Bertz CT molecular complexity index is 2910. The van der Waals surface area contributed by atoms with Crippen LogP contribution in [0.1, 0.15) is 12.5 Å². The van der Waals surface area contributed by atoms with E-state index in [1.807, 2.05) is 6.08 Å². The normalized spacial score (nSPS) is 11.7. The molecule has 0 aliphatic rings. The Hall–Kier alpha value is -7.68. The molecule has 2 nitrogen and oxygen atoms in total. The van der Waals surface area contributed by atoms with E-state index in [9.17, 15) is 0 Å². The number of rotatable bonds is 11. The van der Waals surface area contributed by atoms with Gasteiger partial charge in [0.1, 0.15) is 0 Å². The molecule has 0 atom stereocenters. The van der Waals surface area contributed by atoms with E-state index in [2.05, 4.69) is 254 Å². The summed E-state index contributed by atoms with van der Waals surface area (Å²) >= 11 is 0. The highest BCUT2D eigenvalue weighted by atomic mass is 15.1. The maximum Gasteiger partial charge on any atom is 0.0462 e. The van der Waals surface area contributed by atoms with E-state index < -0.39 is 0 Å². The van der Waals surface area contributed by atoms with Gasteiger partial charge in [-0.25, -0.2) is 0 Å². The molecule has 282 valence electrons. The van der Waals surface area contributed by atoms with Gasteiger partial charge in [-0.2, -0.15) is 0 Å². The average molecular weight is 757 g/mol. The van der Waals surface area contributed by atoms with Gasteiger partial charge >= 0.3 is 0 Å². The van der Waals surface area contributed by atoms with Crippen LogP contribution in [0.15, 0.2) is 249 Å². The lowest BCUT2D eigenvalue weighted by molar-refractivity contribution is 1.21. The minimum Gasteiger partial charge on any atom is -0.311 e. The molecule has 0 spiro atoms. The number of hydrogen-bond acceptors (Lipinski definition) is 2. The van der Waals surface area contributed by atoms with Crippen LogP contribution in [0.4, 0.5) is 28.4 Å². The van der Waals surface area contributed by atoms with Crippen molar-refractivity contribution in [2.24, 2.45) is 0 Å². The van der Waals surface area contributed by atoms with Gasteiger partial charge in [-0.1, -0.05) is 170 Å². The van der Waals surface area contributed by atoms with Gasteiger partial charge in [-0.15, -0.1) is 0 Å². The lowest BCUT2D eigenvalue weighted by atomic mass is 9.98. The first-order chi connectivity index (χ1) is 29.1. The molecule has 9 rings (SSSR count). The summed E-state index contributed by atoms with van der Waals surface area (Å²) in [4.78, 5) is 4.57. The smallest absolute Gasteiger partial charge is 0.0462 e. The second-order valence-corrected chi connectivity index (χ2v) is 14.7. The number of hydrogen-bond donors (Lipinski definition) is 0. The quantitative estimate of drug-likeness (QED) is 0.121. The van der Waals surface area contributed by atoms with Crippen molar-refractivity contribution in [2.45, 2.75) is 6.92 Å².